The van der Waals surface area contributed by atoms with E-state index >= 15 is 0 Å². The summed E-state index contributed by atoms with van der Waals surface area (Å²) in [7, 11) is 0. The van der Waals surface area contributed by atoms with E-state index in [0.717, 1.165) is 23.9 Å². The van der Waals surface area contributed by atoms with Crippen molar-refractivity contribution in [3.8, 4) is 0 Å². The van der Waals surface area contributed by atoms with E-state index in [9.17, 15) is 13.6 Å². The summed E-state index contributed by atoms with van der Waals surface area (Å²) in [6.45, 7) is 1.46. The second kappa shape index (κ2) is 5.30. The quantitative estimate of drug-likeness (QED) is 0.830. The van der Waals surface area contributed by atoms with Crippen molar-refractivity contribution >= 4 is 17.7 Å². The molecule has 0 saturated heterocycles. The van der Waals surface area contributed by atoms with E-state index in [4.69, 9.17) is 5.11 Å². The summed E-state index contributed by atoms with van der Waals surface area (Å²) in [5, 5.41) is 8.71. The monoisotopic (exact) mass is 246 g/mol. The van der Waals surface area contributed by atoms with Crippen molar-refractivity contribution in [1.29, 1.82) is 0 Å². The van der Waals surface area contributed by atoms with Crippen LogP contribution >= 0.6 is 11.8 Å². The maximum Gasteiger partial charge on any atom is 0.306 e. The van der Waals surface area contributed by atoms with Gasteiger partial charge in [-0.25, -0.2) is 8.78 Å². The smallest absolute Gasteiger partial charge is 0.306 e. The molecule has 2 nitrogen and oxygen atoms in total. The lowest BCUT2D eigenvalue weighted by Gasteiger charge is -2.09. The number of carboxylic acids is 1. The fourth-order valence-corrected chi connectivity index (χ4v) is 1.87. The second-order valence-corrected chi connectivity index (χ2v) is 4.37. The SMILES string of the molecule is CSc1cc(F)cc(CC(C)C(=O)O)c1F. The number of halogens is 2. The molecule has 0 amide bonds. The van der Waals surface area contributed by atoms with Crippen LogP contribution in [0.25, 0.3) is 0 Å². The van der Waals surface area contributed by atoms with Gasteiger partial charge >= 0.3 is 5.97 Å². The van der Waals surface area contributed by atoms with Crippen LogP contribution in [-0.2, 0) is 11.2 Å². The summed E-state index contributed by atoms with van der Waals surface area (Å²) in [6.07, 6.45) is 1.63. The third kappa shape index (κ3) is 2.95. The van der Waals surface area contributed by atoms with Crippen molar-refractivity contribution in [2.75, 3.05) is 6.26 Å². The molecule has 1 rings (SSSR count). The zero-order chi connectivity index (χ0) is 12.3. The molecule has 0 radical (unpaired) electrons. The Bertz CT molecular complexity index is 407. The number of carbonyl (C=O) groups is 1. The summed E-state index contributed by atoms with van der Waals surface area (Å²) in [4.78, 5) is 10.8. The molecule has 0 saturated carbocycles. The van der Waals surface area contributed by atoms with Crippen LogP contribution in [0.15, 0.2) is 17.0 Å². The number of benzene rings is 1. The Morgan fingerprint density at radius 1 is 1.50 bits per heavy atom. The van der Waals surface area contributed by atoms with Crippen molar-refractivity contribution in [3.05, 3.63) is 29.3 Å². The van der Waals surface area contributed by atoms with Crippen LogP contribution in [0.4, 0.5) is 8.78 Å². The predicted octanol–water partition coefficient (Wildman–Crippen LogP) is 2.95. The van der Waals surface area contributed by atoms with Gasteiger partial charge in [0.05, 0.1) is 5.92 Å². The van der Waals surface area contributed by atoms with Gasteiger partial charge in [-0.1, -0.05) is 6.92 Å². The molecule has 16 heavy (non-hydrogen) atoms. The van der Waals surface area contributed by atoms with Crippen molar-refractivity contribution in [3.63, 3.8) is 0 Å². The summed E-state index contributed by atoms with van der Waals surface area (Å²) in [5.74, 6) is -2.82. The van der Waals surface area contributed by atoms with Gasteiger partial charge in [0.15, 0.2) is 0 Å². The van der Waals surface area contributed by atoms with Crippen LogP contribution in [-0.4, -0.2) is 17.3 Å². The van der Waals surface area contributed by atoms with Crippen molar-refractivity contribution in [2.45, 2.75) is 18.2 Å². The first kappa shape index (κ1) is 13.0. The third-order valence-electron chi connectivity index (χ3n) is 2.25. The minimum Gasteiger partial charge on any atom is -0.481 e. The summed E-state index contributed by atoms with van der Waals surface area (Å²) in [5.41, 5.74) is 0.110. The van der Waals surface area contributed by atoms with E-state index in [1.807, 2.05) is 0 Å². The maximum absolute atomic E-state index is 13.7. The average Bonchev–Trinajstić information content (AvgIpc) is 2.22. The molecule has 88 valence electrons. The van der Waals surface area contributed by atoms with Gasteiger partial charge in [0.2, 0.25) is 0 Å². The number of rotatable bonds is 4. The molecule has 0 aromatic heterocycles. The molecular weight excluding hydrogens is 234 g/mol. The van der Waals surface area contributed by atoms with Gasteiger partial charge < -0.3 is 5.11 Å². The molecule has 0 spiro atoms. The molecule has 0 aliphatic carbocycles. The highest BCUT2D eigenvalue weighted by atomic mass is 32.2. The minimum absolute atomic E-state index is 0.00745. The lowest BCUT2D eigenvalue weighted by atomic mass is 10.0. The third-order valence-corrected chi connectivity index (χ3v) is 2.98. The largest absolute Gasteiger partial charge is 0.481 e. The maximum atomic E-state index is 13.7. The van der Waals surface area contributed by atoms with Crippen LogP contribution in [0.2, 0.25) is 0 Å². The van der Waals surface area contributed by atoms with E-state index in [1.165, 1.54) is 6.92 Å². The van der Waals surface area contributed by atoms with Crippen LogP contribution in [0.5, 0.6) is 0 Å². The first-order valence-corrected chi connectivity index (χ1v) is 5.93. The molecule has 1 atom stereocenters. The number of carboxylic acid groups (broad SMARTS) is 1. The molecule has 0 fully saturated rings. The summed E-state index contributed by atoms with van der Waals surface area (Å²) >= 11 is 1.10. The lowest BCUT2D eigenvalue weighted by Crippen LogP contribution is -2.13. The number of hydrogen-bond acceptors (Lipinski definition) is 2. The Morgan fingerprint density at radius 2 is 2.12 bits per heavy atom. The molecule has 1 aromatic carbocycles. The Morgan fingerprint density at radius 3 is 2.62 bits per heavy atom. The molecule has 1 unspecified atom stereocenters. The highest BCUT2D eigenvalue weighted by Gasteiger charge is 2.17. The molecule has 0 bridgehead atoms. The number of aliphatic carboxylic acids is 1. The van der Waals surface area contributed by atoms with E-state index in [2.05, 4.69) is 0 Å². The Kier molecular flexibility index (Phi) is 4.29. The zero-order valence-corrected chi connectivity index (χ0v) is 9.78. The summed E-state index contributed by atoms with van der Waals surface area (Å²) in [6, 6.07) is 2.16. The molecule has 0 heterocycles. The molecular formula is C11H12F2O2S. The van der Waals surface area contributed by atoms with Crippen LogP contribution in [0.1, 0.15) is 12.5 Å². The minimum atomic E-state index is -1.02. The molecule has 0 aliphatic rings. The van der Waals surface area contributed by atoms with Gasteiger partial charge in [-0.05, 0) is 30.4 Å². The lowest BCUT2D eigenvalue weighted by molar-refractivity contribution is -0.141. The average molecular weight is 246 g/mol. The molecule has 1 aromatic rings. The van der Waals surface area contributed by atoms with Gasteiger partial charge in [0.25, 0.3) is 0 Å². The van der Waals surface area contributed by atoms with Gasteiger partial charge in [0, 0.05) is 4.90 Å². The van der Waals surface area contributed by atoms with Gasteiger partial charge in [-0.3, -0.25) is 4.79 Å². The van der Waals surface area contributed by atoms with Crippen LogP contribution in [0, 0.1) is 17.6 Å². The fourth-order valence-electron chi connectivity index (χ4n) is 1.33. The Hall–Kier alpha value is -1.10. The molecule has 1 N–H and O–H groups in total. The fraction of sp³-hybridized carbons (Fsp3) is 0.364. The first-order valence-electron chi connectivity index (χ1n) is 4.70. The molecule has 5 heteroatoms. The van der Waals surface area contributed by atoms with E-state index in [-0.39, 0.29) is 16.9 Å². The topological polar surface area (TPSA) is 37.3 Å². The Labute approximate surface area is 96.7 Å². The zero-order valence-electron chi connectivity index (χ0n) is 8.96. The van der Waals surface area contributed by atoms with E-state index < -0.39 is 23.5 Å². The standard InChI is InChI=1S/C11H12F2O2S/c1-6(11(14)15)3-7-4-8(12)5-9(16-2)10(7)13/h4-6H,3H2,1-2H3,(H,14,15). The van der Waals surface area contributed by atoms with Crippen molar-refractivity contribution in [1.82, 2.24) is 0 Å². The van der Waals surface area contributed by atoms with Crippen molar-refractivity contribution in [2.24, 2.45) is 5.92 Å². The van der Waals surface area contributed by atoms with E-state index in [1.54, 1.807) is 6.26 Å². The number of thioether (sulfide) groups is 1. The Balaban J connectivity index is 3.04. The normalized spacial score (nSPS) is 12.5. The predicted molar refractivity (Wildman–Crippen MR) is 58.6 cm³/mol. The van der Waals surface area contributed by atoms with Crippen molar-refractivity contribution < 1.29 is 18.7 Å². The summed E-state index contributed by atoms with van der Waals surface area (Å²) < 4.78 is 26.8. The van der Waals surface area contributed by atoms with Gasteiger partial charge in [-0.15, -0.1) is 11.8 Å². The van der Waals surface area contributed by atoms with Gasteiger partial charge in [0.1, 0.15) is 11.6 Å². The highest BCUT2D eigenvalue weighted by Crippen LogP contribution is 2.25. The van der Waals surface area contributed by atoms with Gasteiger partial charge in [-0.2, -0.15) is 0 Å². The van der Waals surface area contributed by atoms with Crippen LogP contribution in [0.3, 0.4) is 0 Å². The first-order chi connectivity index (χ1) is 7.45. The number of hydrogen-bond donors (Lipinski definition) is 1. The van der Waals surface area contributed by atoms with E-state index in [0.29, 0.717) is 0 Å². The second-order valence-electron chi connectivity index (χ2n) is 3.52. The highest BCUT2D eigenvalue weighted by molar-refractivity contribution is 7.98. The van der Waals surface area contributed by atoms with Crippen LogP contribution < -0.4 is 0 Å². The molecule has 0 aliphatic heterocycles.